The van der Waals surface area contributed by atoms with Crippen LogP contribution in [0.3, 0.4) is 0 Å². The summed E-state index contributed by atoms with van der Waals surface area (Å²) in [5.41, 5.74) is 3.79. The maximum absolute atomic E-state index is 14.1. The zero-order valence-electron chi connectivity index (χ0n) is 18.1. The lowest BCUT2D eigenvalue weighted by Crippen LogP contribution is -2.47. The second-order valence-electron chi connectivity index (χ2n) is 8.88. The molecule has 1 aromatic carbocycles. The van der Waals surface area contributed by atoms with Gasteiger partial charge in [-0.2, -0.15) is 10.4 Å². The van der Waals surface area contributed by atoms with Gasteiger partial charge in [-0.05, 0) is 73.9 Å². The Morgan fingerprint density at radius 1 is 1.25 bits per heavy atom. The maximum atomic E-state index is 14.1. The minimum absolute atomic E-state index is 0.0825. The van der Waals surface area contributed by atoms with Crippen LogP contribution in [0.25, 0.3) is 11.8 Å². The van der Waals surface area contributed by atoms with Gasteiger partial charge in [0.1, 0.15) is 11.9 Å². The van der Waals surface area contributed by atoms with Gasteiger partial charge in [-0.1, -0.05) is 24.6 Å². The molecule has 0 aliphatic heterocycles. The Morgan fingerprint density at radius 3 is 2.88 bits per heavy atom. The van der Waals surface area contributed by atoms with E-state index < -0.39 is 11.4 Å². The summed E-state index contributed by atoms with van der Waals surface area (Å²) in [7, 11) is 0. The van der Waals surface area contributed by atoms with Gasteiger partial charge in [0, 0.05) is 11.6 Å². The minimum atomic E-state index is -0.916. The molecule has 2 heterocycles. The maximum Gasteiger partial charge on any atom is 0.141 e. The molecule has 1 fully saturated rings. The van der Waals surface area contributed by atoms with E-state index in [2.05, 4.69) is 23.1 Å². The van der Waals surface area contributed by atoms with Gasteiger partial charge in [-0.25, -0.2) is 9.07 Å². The number of pyridine rings is 1. The van der Waals surface area contributed by atoms with Crippen LogP contribution in [0.1, 0.15) is 55.0 Å². The predicted molar refractivity (Wildman–Crippen MR) is 119 cm³/mol. The number of benzene rings is 1. The zero-order chi connectivity index (χ0) is 22.3. The summed E-state index contributed by atoms with van der Waals surface area (Å²) in [5, 5.41) is 25.9. The molecule has 0 radical (unpaired) electrons. The first-order chi connectivity index (χ1) is 15.5. The molecule has 6 heteroatoms. The fourth-order valence-corrected chi connectivity index (χ4v) is 5.75. The quantitative estimate of drug-likeness (QED) is 0.635. The highest BCUT2D eigenvalue weighted by atomic mass is 19.1. The minimum Gasteiger partial charge on any atom is -0.389 e. The van der Waals surface area contributed by atoms with Gasteiger partial charge in [-0.3, -0.25) is 4.98 Å². The van der Waals surface area contributed by atoms with Crippen molar-refractivity contribution >= 4 is 6.08 Å². The van der Waals surface area contributed by atoms with Crippen LogP contribution in [0.2, 0.25) is 0 Å². The number of hydrogen-bond acceptors (Lipinski definition) is 4. The van der Waals surface area contributed by atoms with Crippen molar-refractivity contribution in [2.24, 2.45) is 5.41 Å². The van der Waals surface area contributed by atoms with Crippen LogP contribution < -0.4 is 0 Å². The van der Waals surface area contributed by atoms with Crippen molar-refractivity contribution in [3.8, 4) is 11.8 Å². The monoisotopic (exact) mass is 428 g/mol. The Bertz CT molecular complexity index is 1240. The number of halogens is 1. The van der Waals surface area contributed by atoms with E-state index in [0.717, 1.165) is 36.2 Å². The number of nitriles is 1. The molecule has 0 saturated heterocycles. The van der Waals surface area contributed by atoms with Crippen LogP contribution in [0.4, 0.5) is 4.39 Å². The number of aromatic nitrogens is 3. The van der Waals surface area contributed by atoms with Crippen LogP contribution in [0, 0.1) is 22.6 Å². The normalized spacial score (nSPS) is 23.9. The van der Waals surface area contributed by atoms with Crippen molar-refractivity contribution < 1.29 is 9.50 Å². The summed E-state index contributed by atoms with van der Waals surface area (Å²) in [5.74, 6) is -0.501. The topological polar surface area (TPSA) is 74.7 Å². The Kier molecular flexibility index (Phi) is 4.94. The van der Waals surface area contributed by atoms with E-state index in [1.807, 2.05) is 29.1 Å². The van der Waals surface area contributed by atoms with Gasteiger partial charge in [0.2, 0.25) is 0 Å². The van der Waals surface area contributed by atoms with Crippen molar-refractivity contribution in [2.75, 3.05) is 0 Å². The molecule has 0 amide bonds. The lowest BCUT2D eigenvalue weighted by Gasteiger charge is -2.45. The molecule has 0 bridgehead atoms. The SMILES string of the molecule is CC[C@]12Cc3cnn(-c4cccnc4)c3C=C1CC[C@@]2(O)CCc1cccc(F)c1C#N. The van der Waals surface area contributed by atoms with Crippen molar-refractivity contribution in [3.05, 3.63) is 82.7 Å². The Labute approximate surface area is 186 Å². The molecule has 0 spiro atoms. The lowest BCUT2D eigenvalue weighted by atomic mass is 9.63. The van der Waals surface area contributed by atoms with E-state index in [9.17, 15) is 14.8 Å². The number of nitrogens with zero attached hydrogens (tertiary/aromatic N) is 4. The molecule has 3 aromatic rings. The molecule has 1 saturated carbocycles. The summed E-state index contributed by atoms with van der Waals surface area (Å²) in [4.78, 5) is 4.21. The molecular formula is C26H25FN4O. The molecule has 32 heavy (non-hydrogen) atoms. The van der Waals surface area contributed by atoms with E-state index in [1.165, 1.54) is 11.6 Å². The first-order valence-electron chi connectivity index (χ1n) is 11.1. The molecule has 5 nitrogen and oxygen atoms in total. The Morgan fingerprint density at radius 2 is 2.12 bits per heavy atom. The van der Waals surface area contributed by atoms with Crippen LogP contribution in [-0.4, -0.2) is 25.5 Å². The summed E-state index contributed by atoms with van der Waals surface area (Å²) in [6.07, 6.45) is 11.6. The number of rotatable bonds is 5. The van der Waals surface area contributed by atoms with Crippen molar-refractivity contribution in [3.63, 3.8) is 0 Å². The van der Waals surface area contributed by atoms with Gasteiger partial charge < -0.3 is 5.11 Å². The standard InChI is InChI=1S/C26H25FN4O/c1-2-25-14-19-16-30-31(21-6-4-12-29-17-21)24(19)13-20(25)9-11-26(25,32)10-8-18-5-3-7-23(27)22(18)15-28/h3-7,12-13,16-17,32H,2,8-11,14H2,1H3/t25-,26-/m0/s1. The molecule has 2 aromatic heterocycles. The van der Waals surface area contributed by atoms with Crippen molar-refractivity contribution in [1.29, 1.82) is 5.26 Å². The van der Waals surface area contributed by atoms with Gasteiger partial charge in [0.25, 0.3) is 0 Å². The third-order valence-corrected chi connectivity index (χ3v) is 7.52. The molecular weight excluding hydrogens is 403 g/mol. The van der Waals surface area contributed by atoms with E-state index in [-0.39, 0.29) is 11.0 Å². The van der Waals surface area contributed by atoms with Gasteiger partial charge in [0.05, 0.1) is 34.9 Å². The third kappa shape index (κ3) is 3.00. The summed E-state index contributed by atoms with van der Waals surface area (Å²) >= 11 is 0. The second kappa shape index (κ2) is 7.68. The van der Waals surface area contributed by atoms with E-state index >= 15 is 0 Å². The number of aryl methyl sites for hydroxylation is 1. The third-order valence-electron chi connectivity index (χ3n) is 7.52. The molecule has 162 valence electrons. The van der Waals surface area contributed by atoms with Gasteiger partial charge in [-0.15, -0.1) is 0 Å². The second-order valence-corrected chi connectivity index (χ2v) is 8.88. The van der Waals surface area contributed by atoms with Crippen molar-refractivity contribution in [2.45, 2.75) is 51.0 Å². The summed E-state index contributed by atoms with van der Waals surface area (Å²) < 4.78 is 16.0. The average molecular weight is 429 g/mol. The number of hydrogen-bond donors (Lipinski definition) is 1. The highest BCUT2D eigenvalue weighted by Gasteiger charge is 2.56. The Balaban J connectivity index is 1.48. The van der Waals surface area contributed by atoms with Crippen molar-refractivity contribution in [1.82, 2.24) is 14.8 Å². The molecule has 1 N–H and O–H groups in total. The largest absolute Gasteiger partial charge is 0.389 e. The Hall–Kier alpha value is -3.30. The van der Waals surface area contributed by atoms with Crippen LogP contribution in [-0.2, 0) is 12.8 Å². The molecule has 2 atom stereocenters. The van der Waals surface area contributed by atoms with E-state index in [0.29, 0.717) is 24.8 Å². The molecule has 5 rings (SSSR count). The van der Waals surface area contributed by atoms with E-state index in [1.54, 1.807) is 24.5 Å². The van der Waals surface area contributed by atoms with E-state index in [4.69, 9.17) is 0 Å². The van der Waals surface area contributed by atoms with Crippen LogP contribution >= 0.6 is 0 Å². The predicted octanol–water partition coefficient (Wildman–Crippen LogP) is 4.77. The fraction of sp³-hybridized carbons (Fsp3) is 0.346. The zero-order valence-corrected chi connectivity index (χ0v) is 18.1. The molecule has 2 aliphatic rings. The van der Waals surface area contributed by atoms with Gasteiger partial charge >= 0.3 is 0 Å². The summed E-state index contributed by atoms with van der Waals surface area (Å²) in [6.45, 7) is 2.13. The van der Waals surface area contributed by atoms with Gasteiger partial charge in [0.15, 0.2) is 0 Å². The average Bonchev–Trinajstić information content (AvgIpc) is 3.35. The summed E-state index contributed by atoms with van der Waals surface area (Å²) in [6, 6.07) is 10.6. The first-order valence-corrected chi connectivity index (χ1v) is 11.1. The molecule has 0 unspecified atom stereocenters. The highest BCUT2D eigenvalue weighted by molar-refractivity contribution is 5.62. The lowest BCUT2D eigenvalue weighted by molar-refractivity contribution is -0.0569. The molecule has 2 aliphatic carbocycles. The van der Waals surface area contributed by atoms with Crippen LogP contribution in [0.5, 0.6) is 0 Å². The highest BCUT2D eigenvalue weighted by Crippen LogP contribution is 2.58. The smallest absolute Gasteiger partial charge is 0.141 e. The van der Waals surface area contributed by atoms with Crippen LogP contribution in [0.15, 0.2) is 54.5 Å². The fourth-order valence-electron chi connectivity index (χ4n) is 5.75. The number of fused-ring (bicyclic) bond motifs is 2. The first kappa shape index (κ1) is 20.6. The number of aliphatic hydroxyl groups is 1.